The lowest BCUT2D eigenvalue weighted by molar-refractivity contribution is 0.0878. The minimum Gasteiger partial charge on any atom is -0.460 e. The van der Waals surface area contributed by atoms with E-state index in [1.165, 1.54) is 0 Å². The van der Waals surface area contributed by atoms with E-state index in [-0.39, 0.29) is 11.7 Å². The number of carbonyl (C=O) groups is 1. The molecule has 0 aliphatic carbocycles. The van der Waals surface area contributed by atoms with E-state index in [0.29, 0.717) is 5.76 Å². The van der Waals surface area contributed by atoms with Gasteiger partial charge in [-0.05, 0) is 34.8 Å². The summed E-state index contributed by atoms with van der Waals surface area (Å²) in [4.78, 5) is 12.0. The molecule has 3 heteroatoms. The third-order valence-electron chi connectivity index (χ3n) is 2.61. The fraction of sp³-hybridized carbons (Fsp3) is 0.583. The molecule has 1 atom stereocenters. The maximum Gasteiger partial charge on any atom is 0.202 e. The number of hydrogen-bond acceptors (Lipinski definition) is 2. The molecule has 1 aromatic heterocycles. The number of hydrogen-bond donors (Lipinski definition) is 0. The van der Waals surface area contributed by atoms with E-state index in [1.807, 2.05) is 0 Å². The summed E-state index contributed by atoms with van der Waals surface area (Å²) in [5.74, 6) is 0.702. The average molecular weight is 273 g/mol. The maximum atomic E-state index is 12.0. The summed E-state index contributed by atoms with van der Waals surface area (Å²) < 4.78 is 5.96. The molecule has 1 rings (SSSR count). The van der Waals surface area contributed by atoms with Crippen molar-refractivity contribution in [2.45, 2.75) is 39.5 Å². The summed E-state index contributed by atoms with van der Waals surface area (Å²) in [5.41, 5.74) is 0. The Balaban J connectivity index is 2.69. The molecule has 1 unspecified atom stereocenters. The number of rotatable bonds is 6. The highest BCUT2D eigenvalue weighted by Gasteiger charge is 2.22. The van der Waals surface area contributed by atoms with Gasteiger partial charge in [0.25, 0.3) is 0 Å². The first-order valence-corrected chi connectivity index (χ1v) is 6.27. The molecule has 0 saturated carbocycles. The smallest absolute Gasteiger partial charge is 0.202 e. The van der Waals surface area contributed by atoms with Gasteiger partial charge in [0.1, 0.15) is 0 Å². The minimum atomic E-state index is 0.104. The van der Waals surface area contributed by atoms with Crippen molar-refractivity contribution in [3.8, 4) is 0 Å². The largest absolute Gasteiger partial charge is 0.460 e. The van der Waals surface area contributed by atoms with Crippen LogP contribution in [0.1, 0.15) is 50.1 Å². The van der Waals surface area contributed by atoms with E-state index in [1.54, 1.807) is 12.3 Å². The summed E-state index contributed by atoms with van der Waals surface area (Å²) >= 11 is 3.32. The molecule has 0 amide bonds. The second kappa shape index (κ2) is 6.11. The van der Waals surface area contributed by atoms with Crippen molar-refractivity contribution in [3.63, 3.8) is 0 Å². The number of Topliss-reactive ketones (excluding diaryl/α,β-unsaturated/α-hetero) is 1. The van der Waals surface area contributed by atoms with Gasteiger partial charge >= 0.3 is 0 Å². The lowest BCUT2D eigenvalue weighted by Gasteiger charge is -2.11. The number of furan rings is 1. The van der Waals surface area contributed by atoms with Crippen LogP contribution in [-0.2, 0) is 0 Å². The Morgan fingerprint density at radius 3 is 2.73 bits per heavy atom. The molecular formula is C12H17BrO2. The SMILES string of the molecule is CCCCC(CC)C(=O)c1occc1Br. The molecule has 0 aliphatic heterocycles. The molecule has 0 spiro atoms. The molecule has 0 saturated heterocycles. The van der Waals surface area contributed by atoms with E-state index in [4.69, 9.17) is 4.42 Å². The highest BCUT2D eigenvalue weighted by molar-refractivity contribution is 9.10. The van der Waals surface area contributed by atoms with Gasteiger partial charge in [0.15, 0.2) is 5.76 Å². The van der Waals surface area contributed by atoms with Crippen molar-refractivity contribution in [1.29, 1.82) is 0 Å². The number of carbonyl (C=O) groups excluding carboxylic acids is 1. The average Bonchev–Trinajstić information content (AvgIpc) is 2.65. The second-order valence-electron chi connectivity index (χ2n) is 3.71. The lowest BCUT2D eigenvalue weighted by atomic mass is 9.93. The van der Waals surface area contributed by atoms with Crippen LogP contribution in [0.25, 0.3) is 0 Å². The van der Waals surface area contributed by atoms with E-state index < -0.39 is 0 Å². The molecule has 84 valence electrons. The molecule has 0 bridgehead atoms. The summed E-state index contributed by atoms with van der Waals surface area (Å²) in [6, 6.07) is 1.76. The lowest BCUT2D eigenvalue weighted by Crippen LogP contribution is -2.13. The zero-order chi connectivity index (χ0) is 11.3. The van der Waals surface area contributed by atoms with Crippen LogP contribution in [0.4, 0.5) is 0 Å². The van der Waals surface area contributed by atoms with Crippen molar-refractivity contribution < 1.29 is 9.21 Å². The van der Waals surface area contributed by atoms with Gasteiger partial charge in [-0.25, -0.2) is 0 Å². The fourth-order valence-electron chi connectivity index (χ4n) is 1.63. The van der Waals surface area contributed by atoms with Gasteiger partial charge in [-0.2, -0.15) is 0 Å². The first-order valence-electron chi connectivity index (χ1n) is 5.47. The second-order valence-corrected chi connectivity index (χ2v) is 4.56. The van der Waals surface area contributed by atoms with Crippen molar-refractivity contribution in [3.05, 3.63) is 22.6 Å². The Labute approximate surface area is 99.2 Å². The zero-order valence-electron chi connectivity index (χ0n) is 9.25. The zero-order valence-corrected chi connectivity index (χ0v) is 10.8. The Morgan fingerprint density at radius 2 is 2.27 bits per heavy atom. The van der Waals surface area contributed by atoms with Gasteiger partial charge in [-0.3, -0.25) is 4.79 Å². The summed E-state index contributed by atoms with van der Waals surface area (Å²) in [7, 11) is 0. The van der Waals surface area contributed by atoms with Crippen molar-refractivity contribution in [2.75, 3.05) is 0 Å². The highest BCUT2D eigenvalue weighted by atomic mass is 79.9. The summed E-state index contributed by atoms with van der Waals surface area (Å²) in [6.07, 6.45) is 5.61. The first kappa shape index (κ1) is 12.5. The van der Waals surface area contributed by atoms with Crippen molar-refractivity contribution >= 4 is 21.7 Å². The first-order chi connectivity index (χ1) is 7.20. The van der Waals surface area contributed by atoms with Gasteiger partial charge in [0.05, 0.1) is 10.7 Å². The molecule has 0 radical (unpaired) electrons. The van der Waals surface area contributed by atoms with E-state index in [0.717, 1.165) is 30.2 Å². The quantitative estimate of drug-likeness (QED) is 0.717. The van der Waals surface area contributed by atoms with Crippen LogP contribution in [0.3, 0.4) is 0 Å². The summed E-state index contributed by atoms with van der Waals surface area (Å²) in [5, 5.41) is 0. The molecule has 0 aliphatic rings. The van der Waals surface area contributed by atoms with Gasteiger partial charge in [0.2, 0.25) is 5.78 Å². The number of halogens is 1. The monoisotopic (exact) mass is 272 g/mol. The van der Waals surface area contributed by atoms with Crippen LogP contribution in [0.2, 0.25) is 0 Å². The molecule has 0 N–H and O–H groups in total. The van der Waals surface area contributed by atoms with E-state index in [2.05, 4.69) is 29.8 Å². The van der Waals surface area contributed by atoms with Gasteiger partial charge in [0, 0.05) is 5.92 Å². The van der Waals surface area contributed by atoms with Crippen LogP contribution < -0.4 is 0 Å². The molecular weight excluding hydrogens is 256 g/mol. The topological polar surface area (TPSA) is 30.2 Å². The third kappa shape index (κ3) is 3.20. The predicted octanol–water partition coefficient (Wildman–Crippen LogP) is 4.44. The summed E-state index contributed by atoms with van der Waals surface area (Å²) in [6.45, 7) is 4.19. The van der Waals surface area contributed by atoms with Crippen LogP contribution in [0.5, 0.6) is 0 Å². The third-order valence-corrected chi connectivity index (χ3v) is 3.24. The fourth-order valence-corrected chi connectivity index (χ4v) is 2.02. The van der Waals surface area contributed by atoms with Crippen molar-refractivity contribution in [2.24, 2.45) is 5.92 Å². The highest BCUT2D eigenvalue weighted by Crippen LogP contribution is 2.24. The Bertz CT molecular complexity index is 317. The number of unbranched alkanes of at least 4 members (excludes halogenated alkanes) is 1. The molecule has 1 aromatic rings. The normalized spacial score (nSPS) is 12.7. The molecule has 2 nitrogen and oxygen atoms in total. The Kier molecular flexibility index (Phi) is 5.09. The van der Waals surface area contributed by atoms with Crippen LogP contribution in [-0.4, -0.2) is 5.78 Å². The molecule has 0 fully saturated rings. The predicted molar refractivity (Wildman–Crippen MR) is 64.0 cm³/mol. The molecule has 0 aromatic carbocycles. The number of ketones is 1. The van der Waals surface area contributed by atoms with Gasteiger partial charge < -0.3 is 4.42 Å². The van der Waals surface area contributed by atoms with Crippen LogP contribution >= 0.6 is 15.9 Å². The Morgan fingerprint density at radius 1 is 1.53 bits per heavy atom. The van der Waals surface area contributed by atoms with Gasteiger partial charge in [-0.15, -0.1) is 0 Å². The van der Waals surface area contributed by atoms with Crippen LogP contribution in [0.15, 0.2) is 21.2 Å². The van der Waals surface area contributed by atoms with Crippen LogP contribution in [0, 0.1) is 5.92 Å². The standard InChI is InChI=1S/C12H17BrO2/c1-3-5-6-9(4-2)11(14)12-10(13)7-8-15-12/h7-9H,3-6H2,1-2H3. The van der Waals surface area contributed by atoms with Crippen molar-refractivity contribution in [1.82, 2.24) is 0 Å². The Hall–Kier alpha value is -0.570. The molecule has 15 heavy (non-hydrogen) atoms. The minimum absolute atomic E-state index is 0.104. The van der Waals surface area contributed by atoms with E-state index >= 15 is 0 Å². The van der Waals surface area contributed by atoms with E-state index in [9.17, 15) is 4.79 Å². The maximum absolute atomic E-state index is 12.0. The molecule has 1 heterocycles. The van der Waals surface area contributed by atoms with Gasteiger partial charge in [-0.1, -0.05) is 26.7 Å².